The standard InChI is InChI=1S/C22H28N4O4S.HI/c1-23-22(24-11-10-17-6-9-20-21(14-17)30-16-29-20)25-15-18-4-7-19(8-5-18)31(27,28)26-12-2-3-13-26;/h4-9,14H,2-3,10-13,15-16H2,1H3,(H2,23,24,25);1H. The maximum absolute atomic E-state index is 12.6. The van der Waals surface area contributed by atoms with Crippen molar-refractivity contribution in [2.45, 2.75) is 30.7 Å². The molecule has 32 heavy (non-hydrogen) atoms. The van der Waals surface area contributed by atoms with Crippen molar-refractivity contribution in [2.24, 2.45) is 4.99 Å². The molecule has 0 atom stereocenters. The van der Waals surface area contributed by atoms with Gasteiger partial charge in [0.05, 0.1) is 4.90 Å². The molecule has 8 nitrogen and oxygen atoms in total. The van der Waals surface area contributed by atoms with Crippen molar-refractivity contribution in [1.82, 2.24) is 14.9 Å². The van der Waals surface area contributed by atoms with E-state index in [0.29, 0.717) is 37.0 Å². The molecule has 2 aromatic carbocycles. The molecule has 0 bridgehead atoms. The Bertz CT molecular complexity index is 1040. The molecule has 10 heteroatoms. The fourth-order valence-corrected chi connectivity index (χ4v) is 5.20. The number of halogens is 1. The average Bonchev–Trinajstić information content (AvgIpc) is 3.48. The van der Waals surface area contributed by atoms with Gasteiger partial charge in [0.1, 0.15) is 0 Å². The largest absolute Gasteiger partial charge is 0.454 e. The second kappa shape index (κ2) is 11.2. The number of nitrogens with one attached hydrogen (secondary N) is 2. The molecule has 2 aliphatic heterocycles. The summed E-state index contributed by atoms with van der Waals surface area (Å²) in [6, 6.07) is 13.0. The van der Waals surface area contributed by atoms with E-state index in [2.05, 4.69) is 15.6 Å². The second-order valence-corrected chi connectivity index (χ2v) is 9.48. The van der Waals surface area contributed by atoms with Crippen molar-refractivity contribution < 1.29 is 17.9 Å². The monoisotopic (exact) mass is 572 g/mol. The molecule has 1 saturated heterocycles. The third-order valence-electron chi connectivity index (χ3n) is 5.45. The molecule has 4 rings (SSSR count). The van der Waals surface area contributed by atoms with Crippen molar-refractivity contribution >= 4 is 40.0 Å². The Morgan fingerprint density at radius 2 is 1.69 bits per heavy atom. The summed E-state index contributed by atoms with van der Waals surface area (Å²) in [5.74, 6) is 2.26. The lowest BCUT2D eigenvalue weighted by atomic mass is 10.1. The number of benzene rings is 2. The fourth-order valence-electron chi connectivity index (χ4n) is 3.68. The highest BCUT2D eigenvalue weighted by molar-refractivity contribution is 14.0. The number of aliphatic imine (C=N–C) groups is 1. The van der Waals surface area contributed by atoms with E-state index in [1.54, 1.807) is 23.5 Å². The van der Waals surface area contributed by atoms with Gasteiger partial charge in [-0.2, -0.15) is 4.31 Å². The van der Waals surface area contributed by atoms with E-state index in [4.69, 9.17) is 9.47 Å². The van der Waals surface area contributed by atoms with Crippen LogP contribution in [0.15, 0.2) is 52.4 Å². The summed E-state index contributed by atoms with van der Waals surface area (Å²) in [7, 11) is -1.65. The average molecular weight is 572 g/mol. The first-order valence-electron chi connectivity index (χ1n) is 10.5. The van der Waals surface area contributed by atoms with Crippen LogP contribution < -0.4 is 20.1 Å². The topological polar surface area (TPSA) is 92.3 Å². The number of hydrogen-bond donors (Lipinski definition) is 2. The lowest BCUT2D eigenvalue weighted by molar-refractivity contribution is 0.174. The number of ether oxygens (including phenoxy) is 2. The predicted molar refractivity (Wildman–Crippen MR) is 134 cm³/mol. The minimum Gasteiger partial charge on any atom is -0.454 e. The van der Waals surface area contributed by atoms with Crippen LogP contribution >= 0.6 is 24.0 Å². The molecule has 0 unspecified atom stereocenters. The summed E-state index contributed by atoms with van der Waals surface area (Å²) in [5, 5.41) is 6.55. The summed E-state index contributed by atoms with van der Waals surface area (Å²) in [4.78, 5) is 4.60. The summed E-state index contributed by atoms with van der Waals surface area (Å²) in [6.07, 6.45) is 2.68. The lowest BCUT2D eigenvalue weighted by Gasteiger charge is -2.16. The number of rotatable bonds is 7. The highest BCUT2D eigenvalue weighted by Crippen LogP contribution is 2.32. The molecule has 2 N–H and O–H groups in total. The van der Waals surface area contributed by atoms with E-state index in [9.17, 15) is 8.42 Å². The van der Waals surface area contributed by atoms with E-state index in [1.165, 1.54) is 0 Å². The lowest BCUT2D eigenvalue weighted by Crippen LogP contribution is -2.37. The van der Waals surface area contributed by atoms with Crippen LogP contribution in [0, 0.1) is 0 Å². The number of fused-ring (bicyclic) bond motifs is 1. The Labute approximate surface area is 206 Å². The van der Waals surface area contributed by atoms with Gasteiger partial charge < -0.3 is 20.1 Å². The molecular formula is C22H29IN4O4S. The first-order chi connectivity index (χ1) is 15.1. The third-order valence-corrected chi connectivity index (χ3v) is 7.37. The van der Waals surface area contributed by atoms with E-state index in [-0.39, 0.29) is 30.8 Å². The van der Waals surface area contributed by atoms with Gasteiger partial charge in [0.25, 0.3) is 0 Å². The quantitative estimate of drug-likeness (QED) is 0.301. The van der Waals surface area contributed by atoms with Gasteiger partial charge in [-0.05, 0) is 54.7 Å². The van der Waals surface area contributed by atoms with Crippen LogP contribution in [-0.2, 0) is 23.0 Å². The number of hydrogen-bond acceptors (Lipinski definition) is 5. The van der Waals surface area contributed by atoms with Gasteiger partial charge in [0, 0.05) is 33.2 Å². The molecule has 2 aromatic rings. The highest BCUT2D eigenvalue weighted by Gasteiger charge is 2.26. The van der Waals surface area contributed by atoms with Crippen molar-refractivity contribution in [2.75, 3.05) is 33.5 Å². The Hall–Kier alpha value is -2.05. The van der Waals surface area contributed by atoms with Crippen LogP contribution in [-0.4, -0.2) is 52.2 Å². The highest BCUT2D eigenvalue weighted by atomic mass is 127. The van der Waals surface area contributed by atoms with Gasteiger partial charge in [0.15, 0.2) is 17.5 Å². The summed E-state index contributed by atoms with van der Waals surface area (Å²) in [5.41, 5.74) is 2.14. The normalized spacial score (nSPS) is 16.0. The van der Waals surface area contributed by atoms with Crippen LogP contribution in [0.25, 0.3) is 0 Å². The summed E-state index contributed by atoms with van der Waals surface area (Å²) in [6.45, 7) is 2.76. The van der Waals surface area contributed by atoms with Crippen LogP contribution in [0.4, 0.5) is 0 Å². The van der Waals surface area contributed by atoms with Gasteiger partial charge >= 0.3 is 0 Å². The minimum atomic E-state index is -3.37. The molecular weight excluding hydrogens is 543 g/mol. The van der Waals surface area contributed by atoms with Crippen LogP contribution in [0.3, 0.4) is 0 Å². The molecule has 2 heterocycles. The first kappa shape index (κ1) is 24.6. The van der Waals surface area contributed by atoms with E-state index in [1.807, 2.05) is 30.3 Å². The Balaban J connectivity index is 0.00000289. The van der Waals surface area contributed by atoms with Gasteiger partial charge in [-0.15, -0.1) is 24.0 Å². The molecule has 174 valence electrons. The first-order valence-corrected chi connectivity index (χ1v) is 11.9. The molecule has 2 aliphatic rings. The van der Waals surface area contributed by atoms with Crippen molar-refractivity contribution in [3.05, 3.63) is 53.6 Å². The third kappa shape index (κ3) is 5.84. The number of sulfonamides is 1. The Kier molecular flexibility index (Phi) is 8.60. The molecule has 0 aromatic heterocycles. The van der Waals surface area contributed by atoms with Crippen molar-refractivity contribution in [3.8, 4) is 11.5 Å². The van der Waals surface area contributed by atoms with Crippen LogP contribution in [0.1, 0.15) is 24.0 Å². The zero-order valence-corrected chi connectivity index (χ0v) is 21.2. The number of nitrogens with zero attached hydrogens (tertiary/aromatic N) is 2. The predicted octanol–water partition coefficient (Wildman–Crippen LogP) is 2.73. The van der Waals surface area contributed by atoms with Gasteiger partial charge in [-0.25, -0.2) is 8.42 Å². The smallest absolute Gasteiger partial charge is 0.243 e. The summed E-state index contributed by atoms with van der Waals surface area (Å²) < 4.78 is 37.6. The van der Waals surface area contributed by atoms with E-state index < -0.39 is 10.0 Å². The Morgan fingerprint density at radius 1 is 1.00 bits per heavy atom. The Morgan fingerprint density at radius 3 is 2.41 bits per heavy atom. The molecule has 1 fully saturated rings. The van der Waals surface area contributed by atoms with Crippen LogP contribution in [0.2, 0.25) is 0 Å². The molecule has 0 radical (unpaired) electrons. The van der Waals surface area contributed by atoms with Crippen molar-refractivity contribution in [1.29, 1.82) is 0 Å². The van der Waals surface area contributed by atoms with Gasteiger partial charge in [0.2, 0.25) is 16.8 Å². The summed E-state index contributed by atoms with van der Waals surface area (Å²) >= 11 is 0. The van der Waals surface area contributed by atoms with Crippen molar-refractivity contribution in [3.63, 3.8) is 0 Å². The second-order valence-electron chi connectivity index (χ2n) is 7.55. The SMILES string of the molecule is CN=C(NCCc1ccc2c(c1)OCO2)NCc1ccc(S(=O)(=O)N2CCCC2)cc1.I. The zero-order chi connectivity index (χ0) is 21.7. The molecule has 0 saturated carbocycles. The van der Waals surface area contributed by atoms with Crippen LogP contribution in [0.5, 0.6) is 11.5 Å². The van der Waals surface area contributed by atoms with E-state index >= 15 is 0 Å². The van der Waals surface area contributed by atoms with Gasteiger partial charge in [-0.1, -0.05) is 18.2 Å². The van der Waals surface area contributed by atoms with Gasteiger partial charge in [-0.3, -0.25) is 4.99 Å². The molecule has 0 amide bonds. The number of guanidine groups is 1. The zero-order valence-electron chi connectivity index (χ0n) is 18.0. The maximum atomic E-state index is 12.6. The maximum Gasteiger partial charge on any atom is 0.243 e. The van der Waals surface area contributed by atoms with E-state index in [0.717, 1.165) is 41.9 Å². The minimum absolute atomic E-state index is 0. The molecule has 0 aliphatic carbocycles. The molecule has 0 spiro atoms. The fraction of sp³-hybridized carbons (Fsp3) is 0.409.